The van der Waals surface area contributed by atoms with Crippen LogP contribution in [0, 0.1) is 0 Å². The molecule has 2 aromatic carbocycles. The number of para-hydroxylation sites is 1. The molecule has 0 unspecified atom stereocenters. The number of thiocarbonyl (C=S) groups is 1. The molecule has 2 aliphatic heterocycles. The highest BCUT2D eigenvalue weighted by Gasteiger charge is 2.22. The second kappa shape index (κ2) is 11.4. The van der Waals surface area contributed by atoms with E-state index in [0.717, 1.165) is 50.9 Å². The lowest BCUT2D eigenvalue weighted by atomic mass is 10.1. The highest BCUT2D eigenvalue weighted by Crippen LogP contribution is 2.26. The molecule has 1 aromatic heterocycles. The highest BCUT2D eigenvalue weighted by molar-refractivity contribution is 7.80. The van der Waals surface area contributed by atoms with Crippen LogP contribution in [0.25, 0.3) is 0 Å². The molecule has 7 nitrogen and oxygen atoms in total. The first-order valence-electron chi connectivity index (χ1n) is 12.5. The first kappa shape index (κ1) is 23.4. The van der Waals surface area contributed by atoms with E-state index in [4.69, 9.17) is 22.2 Å². The van der Waals surface area contributed by atoms with Crippen molar-refractivity contribution < 1.29 is 0 Å². The Morgan fingerprint density at radius 1 is 0.714 bits per heavy atom. The monoisotopic (exact) mass is 487 g/mol. The fourth-order valence-corrected chi connectivity index (χ4v) is 4.84. The summed E-state index contributed by atoms with van der Waals surface area (Å²) in [6.45, 7) is 6.50. The fraction of sp³-hybridized carbons (Fsp3) is 0.370. The maximum Gasteiger partial charge on any atom is 0.232 e. The predicted molar refractivity (Wildman–Crippen MR) is 148 cm³/mol. The highest BCUT2D eigenvalue weighted by atomic mass is 32.1. The Morgan fingerprint density at radius 3 is 1.94 bits per heavy atom. The van der Waals surface area contributed by atoms with E-state index in [2.05, 4.69) is 73.9 Å². The van der Waals surface area contributed by atoms with Crippen molar-refractivity contribution >= 4 is 40.6 Å². The SMILES string of the molecule is S=C(NCc1ccccc1)Nc1nc(N2CCCCC2)cc(N2CCN(c3ccccc3)CC2)n1. The van der Waals surface area contributed by atoms with E-state index in [1.807, 2.05) is 18.2 Å². The summed E-state index contributed by atoms with van der Waals surface area (Å²) in [5.41, 5.74) is 2.46. The zero-order valence-corrected chi connectivity index (χ0v) is 20.9. The molecule has 182 valence electrons. The molecule has 0 atom stereocenters. The van der Waals surface area contributed by atoms with E-state index >= 15 is 0 Å². The van der Waals surface area contributed by atoms with Crippen LogP contribution >= 0.6 is 12.2 Å². The Labute approximate surface area is 213 Å². The minimum Gasteiger partial charge on any atom is -0.368 e. The molecule has 0 radical (unpaired) electrons. The number of aromatic nitrogens is 2. The Kier molecular flexibility index (Phi) is 7.58. The van der Waals surface area contributed by atoms with Gasteiger partial charge in [0.05, 0.1) is 0 Å². The molecular formula is C27H33N7S. The van der Waals surface area contributed by atoms with Crippen LogP contribution in [-0.4, -0.2) is 54.3 Å². The molecule has 5 rings (SSSR count). The smallest absolute Gasteiger partial charge is 0.232 e. The number of hydrogen-bond acceptors (Lipinski definition) is 6. The number of nitrogens with zero attached hydrogens (tertiary/aromatic N) is 5. The van der Waals surface area contributed by atoms with Crippen LogP contribution in [0.2, 0.25) is 0 Å². The standard InChI is InChI=1S/C27H33N7S/c35-27(28-21-22-10-4-1-5-11-22)31-26-29-24(33-14-8-3-9-15-33)20-25(30-26)34-18-16-32(17-19-34)23-12-6-2-7-13-23/h1-2,4-7,10-13,20H,3,8-9,14-19,21H2,(H2,28,29,30,31,35). The van der Waals surface area contributed by atoms with Gasteiger partial charge < -0.3 is 25.3 Å². The molecule has 35 heavy (non-hydrogen) atoms. The molecule has 0 spiro atoms. The number of benzene rings is 2. The Morgan fingerprint density at radius 2 is 1.29 bits per heavy atom. The summed E-state index contributed by atoms with van der Waals surface area (Å²) in [5.74, 6) is 2.49. The third kappa shape index (κ3) is 6.19. The van der Waals surface area contributed by atoms with E-state index in [-0.39, 0.29) is 0 Å². The Bertz CT molecular complexity index is 1100. The Balaban J connectivity index is 1.29. The van der Waals surface area contributed by atoms with Crippen molar-refractivity contribution in [3.63, 3.8) is 0 Å². The molecule has 2 saturated heterocycles. The number of rotatable bonds is 6. The van der Waals surface area contributed by atoms with Crippen molar-refractivity contribution in [2.75, 3.05) is 59.3 Å². The van der Waals surface area contributed by atoms with Crippen LogP contribution in [0.5, 0.6) is 0 Å². The van der Waals surface area contributed by atoms with E-state index < -0.39 is 0 Å². The van der Waals surface area contributed by atoms with Gasteiger partial charge in [-0.3, -0.25) is 0 Å². The number of piperazine rings is 1. The summed E-state index contributed by atoms with van der Waals surface area (Å²) < 4.78 is 0. The summed E-state index contributed by atoms with van der Waals surface area (Å²) in [6, 6.07) is 23.0. The summed E-state index contributed by atoms with van der Waals surface area (Å²) in [4.78, 5) is 16.9. The molecule has 2 fully saturated rings. The van der Waals surface area contributed by atoms with Crippen LogP contribution < -0.4 is 25.3 Å². The molecule has 3 aromatic rings. The second-order valence-electron chi connectivity index (χ2n) is 9.06. The van der Waals surface area contributed by atoms with Crippen molar-refractivity contribution in [3.05, 3.63) is 72.3 Å². The zero-order valence-electron chi connectivity index (χ0n) is 20.1. The lowest BCUT2D eigenvalue weighted by Crippen LogP contribution is -2.47. The van der Waals surface area contributed by atoms with Gasteiger partial charge in [-0.2, -0.15) is 9.97 Å². The Hall–Kier alpha value is -3.39. The third-order valence-electron chi connectivity index (χ3n) is 6.63. The molecule has 0 aliphatic carbocycles. The first-order chi connectivity index (χ1) is 17.2. The molecule has 2 N–H and O–H groups in total. The van der Waals surface area contributed by atoms with Gasteiger partial charge in [0, 0.05) is 57.6 Å². The van der Waals surface area contributed by atoms with E-state index in [9.17, 15) is 0 Å². The lowest BCUT2D eigenvalue weighted by Gasteiger charge is -2.37. The van der Waals surface area contributed by atoms with Gasteiger partial charge in [-0.25, -0.2) is 0 Å². The van der Waals surface area contributed by atoms with Gasteiger partial charge in [0.15, 0.2) is 5.11 Å². The van der Waals surface area contributed by atoms with Crippen molar-refractivity contribution in [2.45, 2.75) is 25.8 Å². The largest absolute Gasteiger partial charge is 0.368 e. The number of piperidine rings is 1. The van der Waals surface area contributed by atoms with Gasteiger partial charge in [0.25, 0.3) is 0 Å². The van der Waals surface area contributed by atoms with Crippen LogP contribution in [0.15, 0.2) is 66.7 Å². The molecule has 2 aliphatic rings. The molecule has 0 amide bonds. The zero-order chi connectivity index (χ0) is 23.9. The molecule has 8 heteroatoms. The van der Waals surface area contributed by atoms with Crippen molar-refractivity contribution in [3.8, 4) is 0 Å². The van der Waals surface area contributed by atoms with E-state index in [1.165, 1.54) is 30.5 Å². The van der Waals surface area contributed by atoms with Crippen molar-refractivity contribution in [1.82, 2.24) is 15.3 Å². The maximum atomic E-state index is 5.57. The number of hydrogen-bond donors (Lipinski definition) is 2. The topological polar surface area (TPSA) is 59.6 Å². The van der Waals surface area contributed by atoms with Crippen LogP contribution in [-0.2, 0) is 6.54 Å². The normalized spacial score (nSPS) is 16.2. The fourth-order valence-electron chi connectivity index (χ4n) is 4.68. The summed E-state index contributed by atoms with van der Waals surface area (Å²) in [7, 11) is 0. The predicted octanol–water partition coefficient (Wildman–Crippen LogP) is 4.28. The first-order valence-corrected chi connectivity index (χ1v) is 12.9. The number of nitrogens with one attached hydrogen (secondary N) is 2. The maximum absolute atomic E-state index is 5.57. The summed E-state index contributed by atoms with van der Waals surface area (Å²) >= 11 is 5.57. The molecule has 0 saturated carbocycles. The van der Waals surface area contributed by atoms with E-state index in [1.54, 1.807) is 0 Å². The van der Waals surface area contributed by atoms with Gasteiger partial charge in [-0.05, 0) is 49.2 Å². The quantitative estimate of drug-likeness (QED) is 0.500. The van der Waals surface area contributed by atoms with Gasteiger partial charge >= 0.3 is 0 Å². The molecule has 0 bridgehead atoms. The molecule has 3 heterocycles. The average Bonchev–Trinajstić information content (AvgIpc) is 2.93. The van der Waals surface area contributed by atoms with Gasteiger partial charge in [-0.15, -0.1) is 0 Å². The van der Waals surface area contributed by atoms with E-state index in [0.29, 0.717) is 17.6 Å². The second-order valence-corrected chi connectivity index (χ2v) is 9.47. The van der Waals surface area contributed by atoms with Crippen LogP contribution in [0.3, 0.4) is 0 Å². The van der Waals surface area contributed by atoms with Crippen LogP contribution in [0.4, 0.5) is 23.3 Å². The summed E-state index contributed by atoms with van der Waals surface area (Å²) in [6.07, 6.45) is 3.69. The van der Waals surface area contributed by atoms with Gasteiger partial charge in [0.2, 0.25) is 5.95 Å². The minimum atomic E-state index is 0.532. The minimum absolute atomic E-state index is 0.532. The van der Waals surface area contributed by atoms with Crippen molar-refractivity contribution in [2.24, 2.45) is 0 Å². The number of anilines is 4. The van der Waals surface area contributed by atoms with Crippen molar-refractivity contribution in [1.29, 1.82) is 0 Å². The van der Waals surface area contributed by atoms with Crippen LogP contribution in [0.1, 0.15) is 24.8 Å². The average molecular weight is 488 g/mol. The summed E-state index contributed by atoms with van der Waals surface area (Å²) in [5, 5.41) is 7.05. The van der Waals surface area contributed by atoms with Gasteiger partial charge in [-0.1, -0.05) is 48.5 Å². The van der Waals surface area contributed by atoms with Gasteiger partial charge in [0.1, 0.15) is 11.6 Å². The lowest BCUT2D eigenvalue weighted by molar-refractivity contribution is 0.573. The third-order valence-corrected chi connectivity index (χ3v) is 6.87. The molecular weight excluding hydrogens is 454 g/mol.